The van der Waals surface area contributed by atoms with Crippen LogP contribution in [0.4, 0.5) is 0 Å². The summed E-state index contributed by atoms with van der Waals surface area (Å²) in [5.74, 6) is 0.796. The Hall–Kier alpha value is -2.82. The van der Waals surface area contributed by atoms with E-state index in [1.165, 1.54) is 21.9 Å². The average molecular weight is 335 g/mol. The topological polar surface area (TPSA) is 54.2 Å². The molecule has 0 bridgehead atoms. The van der Waals surface area contributed by atoms with Crippen molar-refractivity contribution in [3.8, 4) is 0 Å². The molecule has 1 unspecified atom stereocenters. The molecule has 130 valence electrons. The lowest BCUT2D eigenvalue weighted by Gasteiger charge is -2.20. The lowest BCUT2D eigenvalue weighted by Crippen LogP contribution is -2.40. The lowest BCUT2D eigenvalue weighted by atomic mass is 10.00. The van der Waals surface area contributed by atoms with Gasteiger partial charge in [0.15, 0.2) is 5.96 Å². The molecule has 3 aromatic rings. The summed E-state index contributed by atoms with van der Waals surface area (Å²) in [6.45, 7) is 5.77. The van der Waals surface area contributed by atoms with Gasteiger partial charge in [0, 0.05) is 19.8 Å². The van der Waals surface area contributed by atoms with Crippen molar-refractivity contribution in [3.63, 3.8) is 0 Å². The second-order valence-electron chi connectivity index (χ2n) is 6.21. The van der Waals surface area contributed by atoms with Crippen LogP contribution in [-0.2, 0) is 6.54 Å². The highest BCUT2D eigenvalue weighted by atomic mass is 15.3. The Morgan fingerprint density at radius 1 is 1.20 bits per heavy atom. The third kappa shape index (κ3) is 4.18. The number of rotatable bonds is 5. The van der Waals surface area contributed by atoms with E-state index in [9.17, 15) is 0 Å². The molecule has 0 aliphatic carbocycles. The van der Waals surface area contributed by atoms with Gasteiger partial charge in [0.2, 0.25) is 0 Å². The van der Waals surface area contributed by atoms with Gasteiger partial charge in [-0.05, 0) is 35.7 Å². The van der Waals surface area contributed by atoms with Crippen LogP contribution in [0.5, 0.6) is 0 Å². The molecule has 2 aromatic carbocycles. The number of hydrogen-bond donors (Lipinski definition) is 2. The van der Waals surface area contributed by atoms with Crippen LogP contribution in [0.2, 0.25) is 0 Å². The second kappa shape index (κ2) is 7.83. The molecule has 0 saturated heterocycles. The van der Waals surface area contributed by atoms with Gasteiger partial charge in [-0.1, -0.05) is 42.5 Å². The molecule has 25 heavy (non-hydrogen) atoms. The fourth-order valence-electron chi connectivity index (χ4n) is 2.98. The molecule has 5 nitrogen and oxygen atoms in total. The molecule has 0 spiro atoms. The number of fused-ring (bicyclic) bond motifs is 1. The Balaban J connectivity index is 1.62. The molecule has 0 radical (unpaired) electrons. The van der Waals surface area contributed by atoms with Crippen molar-refractivity contribution < 1.29 is 0 Å². The minimum atomic E-state index is 0.157. The van der Waals surface area contributed by atoms with Gasteiger partial charge in [-0.2, -0.15) is 5.10 Å². The van der Waals surface area contributed by atoms with E-state index >= 15 is 0 Å². The van der Waals surface area contributed by atoms with Crippen LogP contribution in [0.1, 0.15) is 24.1 Å². The van der Waals surface area contributed by atoms with Gasteiger partial charge in [0.25, 0.3) is 0 Å². The molecule has 0 aliphatic heterocycles. The largest absolute Gasteiger partial charge is 0.355 e. The first-order chi connectivity index (χ1) is 12.2. The molecular formula is C20H25N5. The van der Waals surface area contributed by atoms with Crippen molar-refractivity contribution in [2.24, 2.45) is 4.99 Å². The summed E-state index contributed by atoms with van der Waals surface area (Å²) < 4.78 is 1.93. The Bertz CT molecular complexity index is 860. The summed E-state index contributed by atoms with van der Waals surface area (Å²) in [7, 11) is 1.79. The number of aromatic nitrogens is 2. The molecule has 0 saturated carbocycles. The third-order valence-electron chi connectivity index (χ3n) is 4.26. The predicted octanol–water partition coefficient (Wildman–Crippen LogP) is 3.27. The van der Waals surface area contributed by atoms with Crippen molar-refractivity contribution in [1.82, 2.24) is 20.4 Å². The van der Waals surface area contributed by atoms with E-state index in [1.54, 1.807) is 7.05 Å². The van der Waals surface area contributed by atoms with Gasteiger partial charge in [0.05, 0.1) is 18.8 Å². The Kier molecular flexibility index (Phi) is 5.33. The predicted molar refractivity (Wildman–Crippen MR) is 104 cm³/mol. The van der Waals surface area contributed by atoms with Crippen molar-refractivity contribution in [2.75, 3.05) is 13.6 Å². The number of aliphatic imine (C=N–C) groups is 1. The number of hydrogen-bond acceptors (Lipinski definition) is 2. The molecule has 0 fully saturated rings. The van der Waals surface area contributed by atoms with Crippen LogP contribution in [0.25, 0.3) is 10.8 Å². The number of aryl methyl sites for hydroxylation is 1. The fourth-order valence-corrected chi connectivity index (χ4v) is 2.98. The zero-order valence-corrected chi connectivity index (χ0v) is 15.0. The smallest absolute Gasteiger partial charge is 0.191 e. The van der Waals surface area contributed by atoms with Crippen LogP contribution < -0.4 is 10.6 Å². The highest BCUT2D eigenvalue weighted by molar-refractivity contribution is 5.87. The van der Waals surface area contributed by atoms with Gasteiger partial charge in [0.1, 0.15) is 0 Å². The summed E-state index contributed by atoms with van der Waals surface area (Å²) in [5, 5.41) is 13.7. The van der Waals surface area contributed by atoms with Gasteiger partial charge < -0.3 is 10.6 Å². The standard InChI is InChI=1S/C20H25N5/c1-15-13-23-25(14-15)12-11-22-20(21-3)24-16(2)18-10-6-8-17-7-4-5-9-19(17)18/h4-10,13-14,16H,11-12H2,1-3H3,(H2,21,22,24). The SMILES string of the molecule is CN=C(NCCn1cc(C)cn1)NC(C)c1cccc2ccccc12. The minimum Gasteiger partial charge on any atom is -0.355 e. The van der Waals surface area contributed by atoms with E-state index in [-0.39, 0.29) is 6.04 Å². The van der Waals surface area contributed by atoms with Gasteiger partial charge in [-0.3, -0.25) is 9.67 Å². The normalized spacial score (nSPS) is 13.0. The molecule has 2 N–H and O–H groups in total. The zero-order valence-electron chi connectivity index (χ0n) is 15.0. The molecule has 0 aliphatic rings. The first-order valence-corrected chi connectivity index (χ1v) is 8.61. The third-order valence-corrected chi connectivity index (χ3v) is 4.26. The molecule has 1 atom stereocenters. The number of nitrogens with one attached hydrogen (secondary N) is 2. The van der Waals surface area contributed by atoms with Gasteiger partial charge >= 0.3 is 0 Å². The summed E-state index contributed by atoms with van der Waals surface area (Å²) >= 11 is 0. The van der Waals surface area contributed by atoms with E-state index in [1.807, 2.05) is 24.0 Å². The number of guanidine groups is 1. The number of nitrogens with zero attached hydrogens (tertiary/aromatic N) is 3. The molecule has 1 heterocycles. The summed E-state index contributed by atoms with van der Waals surface area (Å²) in [6, 6.07) is 15.0. The van der Waals surface area contributed by atoms with E-state index in [0.717, 1.165) is 19.0 Å². The maximum atomic E-state index is 4.33. The average Bonchev–Trinajstić information content (AvgIpc) is 3.05. The molecule has 0 amide bonds. The summed E-state index contributed by atoms with van der Waals surface area (Å²) in [6.07, 6.45) is 3.91. The number of benzene rings is 2. The summed E-state index contributed by atoms with van der Waals surface area (Å²) in [4.78, 5) is 4.33. The maximum Gasteiger partial charge on any atom is 0.191 e. The van der Waals surface area contributed by atoms with Gasteiger partial charge in [-0.25, -0.2) is 0 Å². The Morgan fingerprint density at radius 2 is 2.00 bits per heavy atom. The van der Waals surface area contributed by atoms with Crippen LogP contribution in [0, 0.1) is 6.92 Å². The first kappa shape index (κ1) is 17.0. The lowest BCUT2D eigenvalue weighted by molar-refractivity contribution is 0.591. The maximum absolute atomic E-state index is 4.33. The van der Waals surface area contributed by atoms with Crippen molar-refractivity contribution in [3.05, 3.63) is 66.0 Å². The molecule has 1 aromatic heterocycles. The van der Waals surface area contributed by atoms with Crippen LogP contribution in [0.15, 0.2) is 59.9 Å². The minimum absolute atomic E-state index is 0.157. The first-order valence-electron chi connectivity index (χ1n) is 8.61. The zero-order chi connectivity index (χ0) is 17.6. The Labute approximate surface area is 148 Å². The highest BCUT2D eigenvalue weighted by Gasteiger charge is 2.10. The van der Waals surface area contributed by atoms with Crippen molar-refractivity contribution in [1.29, 1.82) is 0 Å². The van der Waals surface area contributed by atoms with E-state index < -0.39 is 0 Å². The summed E-state index contributed by atoms with van der Waals surface area (Å²) in [5.41, 5.74) is 2.44. The molecule has 3 rings (SSSR count). The van der Waals surface area contributed by atoms with Crippen molar-refractivity contribution >= 4 is 16.7 Å². The van der Waals surface area contributed by atoms with E-state index in [4.69, 9.17) is 0 Å². The van der Waals surface area contributed by atoms with Gasteiger partial charge in [-0.15, -0.1) is 0 Å². The monoisotopic (exact) mass is 335 g/mol. The quantitative estimate of drug-likeness (QED) is 0.556. The van der Waals surface area contributed by atoms with Crippen molar-refractivity contribution in [2.45, 2.75) is 26.4 Å². The van der Waals surface area contributed by atoms with Crippen LogP contribution in [-0.4, -0.2) is 29.3 Å². The fraction of sp³-hybridized carbons (Fsp3) is 0.300. The van der Waals surface area contributed by atoms with E-state index in [2.05, 4.69) is 70.1 Å². The Morgan fingerprint density at radius 3 is 2.76 bits per heavy atom. The van der Waals surface area contributed by atoms with Crippen LogP contribution in [0.3, 0.4) is 0 Å². The van der Waals surface area contributed by atoms with E-state index in [0.29, 0.717) is 0 Å². The highest BCUT2D eigenvalue weighted by Crippen LogP contribution is 2.23. The molecular weight excluding hydrogens is 310 g/mol. The van der Waals surface area contributed by atoms with Crippen LogP contribution >= 0.6 is 0 Å². The molecule has 5 heteroatoms. The second-order valence-corrected chi connectivity index (χ2v) is 6.21.